The molecule has 2 heterocycles. The van der Waals surface area contributed by atoms with Crippen molar-refractivity contribution >= 4 is 0 Å². The first-order valence-electron chi connectivity index (χ1n) is 4.93. The highest BCUT2D eigenvalue weighted by Crippen LogP contribution is 2.36. The third-order valence-electron chi connectivity index (χ3n) is 2.73. The predicted molar refractivity (Wildman–Crippen MR) is 47.7 cm³/mol. The fourth-order valence-electron chi connectivity index (χ4n) is 1.84. The Bertz CT molecular complexity index is 235. The molecule has 88 valence electrons. The summed E-state index contributed by atoms with van der Waals surface area (Å²) in [6, 6.07) is 0. The van der Waals surface area contributed by atoms with E-state index in [2.05, 4.69) is 0 Å². The first-order valence-corrected chi connectivity index (χ1v) is 4.93. The highest BCUT2D eigenvalue weighted by Gasteiger charge is 2.52. The van der Waals surface area contributed by atoms with Crippen LogP contribution in [0.25, 0.3) is 0 Å². The smallest absolute Gasteiger partial charge is 0.282 e. The quantitative estimate of drug-likeness (QED) is 0.633. The van der Waals surface area contributed by atoms with Gasteiger partial charge < -0.3 is 24.4 Å². The predicted octanol–water partition coefficient (Wildman–Crippen LogP) is -0.810. The van der Waals surface area contributed by atoms with Gasteiger partial charge in [0.2, 0.25) is 0 Å². The van der Waals surface area contributed by atoms with Crippen LogP contribution in [0.1, 0.15) is 13.3 Å². The number of ether oxygens (including phenoxy) is 4. The Balaban J connectivity index is 2.06. The lowest BCUT2D eigenvalue weighted by Crippen LogP contribution is -2.47. The number of hydrogen-bond donors (Lipinski definition) is 2. The average Bonchev–Trinajstić information content (AvgIpc) is 2.56. The van der Waals surface area contributed by atoms with Crippen molar-refractivity contribution in [1.29, 1.82) is 0 Å². The van der Waals surface area contributed by atoms with Crippen molar-refractivity contribution < 1.29 is 29.2 Å². The Morgan fingerprint density at radius 3 is 2.80 bits per heavy atom. The lowest BCUT2D eigenvalue weighted by Gasteiger charge is -2.32. The Kier molecular flexibility index (Phi) is 2.98. The van der Waals surface area contributed by atoms with Gasteiger partial charge in [-0.15, -0.1) is 0 Å². The van der Waals surface area contributed by atoms with E-state index in [1.54, 1.807) is 6.92 Å². The van der Waals surface area contributed by atoms with Gasteiger partial charge in [0.15, 0.2) is 6.29 Å². The molecule has 2 fully saturated rings. The molecule has 0 amide bonds. The van der Waals surface area contributed by atoms with Crippen molar-refractivity contribution in [3.8, 4) is 0 Å². The van der Waals surface area contributed by atoms with E-state index in [4.69, 9.17) is 24.1 Å². The van der Waals surface area contributed by atoms with Crippen LogP contribution >= 0.6 is 0 Å². The molecule has 0 saturated carbocycles. The maximum Gasteiger partial charge on any atom is 0.282 e. The van der Waals surface area contributed by atoms with Crippen molar-refractivity contribution in [2.75, 3.05) is 13.7 Å². The Hall–Kier alpha value is -0.240. The number of fused-ring (bicyclic) bond motifs is 1. The van der Waals surface area contributed by atoms with Crippen molar-refractivity contribution in [1.82, 2.24) is 0 Å². The van der Waals surface area contributed by atoms with Gasteiger partial charge in [0, 0.05) is 20.5 Å². The van der Waals surface area contributed by atoms with E-state index in [-0.39, 0.29) is 6.61 Å². The van der Waals surface area contributed by atoms with Gasteiger partial charge in [0.25, 0.3) is 5.97 Å². The van der Waals surface area contributed by atoms with Crippen molar-refractivity contribution in [2.24, 2.45) is 0 Å². The topological polar surface area (TPSA) is 77.4 Å². The zero-order valence-electron chi connectivity index (χ0n) is 8.75. The molecule has 15 heavy (non-hydrogen) atoms. The van der Waals surface area contributed by atoms with Gasteiger partial charge in [-0.1, -0.05) is 0 Å². The van der Waals surface area contributed by atoms with Gasteiger partial charge >= 0.3 is 0 Å². The summed E-state index contributed by atoms with van der Waals surface area (Å²) in [6.45, 7) is 1.46. The summed E-state index contributed by atoms with van der Waals surface area (Å²) in [7, 11) is 1.45. The SMILES string of the molecule is COC1(C)O[C@H]2O[C@H](CO)CC(O)[C@@H]2O1. The van der Waals surface area contributed by atoms with E-state index in [1.165, 1.54) is 7.11 Å². The zero-order valence-corrected chi connectivity index (χ0v) is 8.75. The molecule has 0 aliphatic carbocycles. The summed E-state index contributed by atoms with van der Waals surface area (Å²) < 4.78 is 21.2. The van der Waals surface area contributed by atoms with Crippen LogP contribution in [0, 0.1) is 0 Å². The van der Waals surface area contributed by atoms with Crippen molar-refractivity contribution in [3.05, 3.63) is 0 Å². The van der Waals surface area contributed by atoms with Crippen LogP contribution in [0.3, 0.4) is 0 Å². The second kappa shape index (κ2) is 3.97. The number of methoxy groups -OCH3 is 1. The van der Waals surface area contributed by atoms with E-state index in [9.17, 15) is 5.11 Å². The van der Waals surface area contributed by atoms with Crippen molar-refractivity contribution in [3.63, 3.8) is 0 Å². The lowest BCUT2D eigenvalue weighted by atomic mass is 10.0. The molecule has 0 spiro atoms. The molecule has 2 aliphatic rings. The fraction of sp³-hybridized carbons (Fsp3) is 1.00. The number of rotatable bonds is 2. The minimum atomic E-state index is -1.18. The summed E-state index contributed by atoms with van der Waals surface area (Å²) in [5, 5.41) is 18.7. The van der Waals surface area contributed by atoms with Crippen LogP contribution in [0.5, 0.6) is 0 Å². The van der Waals surface area contributed by atoms with E-state index in [0.29, 0.717) is 6.42 Å². The van der Waals surface area contributed by atoms with Crippen molar-refractivity contribution in [2.45, 2.75) is 43.9 Å². The third kappa shape index (κ3) is 2.01. The second-order valence-electron chi connectivity index (χ2n) is 3.88. The molecule has 6 heteroatoms. The molecule has 6 nitrogen and oxygen atoms in total. The molecule has 2 unspecified atom stereocenters. The maximum atomic E-state index is 9.76. The van der Waals surface area contributed by atoms with Gasteiger partial charge in [-0.05, 0) is 0 Å². The molecule has 0 aromatic heterocycles. The fourth-order valence-corrected chi connectivity index (χ4v) is 1.84. The summed E-state index contributed by atoms with van der Waals surface area (Å²) >= 11 is 0. The monoisotopic (exact) mass is 220 g/mol. The van der Waals surface area contributed by atoms with E-state index >= 15 is 0 Å². The molecule has 2 saturated heterocycles. The standard InChI is InChI=1S/C9H16O6/c1-9(12-2)14-7-6(11)3-5(4-10)13-8(7)15-9/h5-8,10-11H,3-4H2,1-2H3/t5-,6?,7-,8+,9?/m0/s1. The summed E-state index contributed by atoms with van der Waals surface area (Å²) in [5.74, 6) is -1.18. The van der Waals surface area contributed by atoms with Gasteiger partial charge in [-0.3, -0.25) is 4.74 Å². The summed E-state index contributed by atoms with van der Waals surface area (Å²) in [6.07, 6.45) is -2.03. The molecule has 0 bridgehead atoms. The van der Waals surface area contributed by atoms with Gasteiger partial charge in [0.05, 0.1) is 18.8 Å². The molecule has 2 N–H and O–H groups in total. The van der Waals surface area contributed by atoms with Gasteiger partial charge in [-0.2, -0.15) is 0 Å². The highest BCUT2D eigenvalue weighted by molar-refractivity contribution is 4.86. The zero-order chi connectivity index (χ0) is 11.1. The van der Waals surface area contributed by atoms with E-state index in [0.717, 1.165) is 0 Å². The third-order valence-corrected chi connectivity index (χ3v) is 2.73. The Morgan fingerprint density at radius 2 is 2.20 bits per heavy atom. The molecular formula is C9H16O6. The van der Waals surface area contributed by atoms with Gasteiger partial charge in [0.1, 0.15) is 6.10 Å². The highest BCUT2D eigenvalue weighted by atomic mass is 16.9. The molecule has 0 aromatic carbocycles. The Labute approximate surface area is 87.7 Å². The molecular weight excluding hydrogens is 204 g/mol. The van der Waals surface area contributed by atoms with Crippen LogP contribution in [0.2, 0.25) is 0 Å². The van der Waals surface area contributed by atoms with Crippen LogP contribution in [0.15, 0.2) is 0 Å². The molecule has 5 atom stereocenters. The molecule has 2 rings (SSSR count). The van der Waals surface area contributed by atoms with Gasteiger partial charge in [-0.25, -0.2) is 0 Å². The van der Waals surface area contributed by atoms with Crippen LogP contribution in [0.4, 0.5) is 0 Å². The first-order chi connectivity index (χ1) is 7.08. The average molecular weight is 220 g/mol. The van der Waals surface area contributed by atoms with E-state index < -0.39 is 30.6 Å². The van der Waals surface area contributed by atoms with E-state index in [1.807, 2.05) is 0 Å². The maximum absolute atomic E-state index is 9.76. The number of hydrogen-bond acceptors (Lipinski definition) is 6. The first kappa shape index (κ1) is 11.3. The second-order valence-corrected chi connectivity index (χ2v) is 3.88. The largest absolute Gasteiger partial charge is 0.394 e. The minimum absolute atomic E-state index is 0.145. The minimum Gasteiger partial charge on any atom is -0.394 e. The van der Waals surface area contributed by atoms with Crippen LogP contribution < -0.4 is 0 Å². The Morgan fingerprint density at radius 1 is 1.47 bits per heavy atom. The van der Waals surface area contributed by atoms with Crippen LogP contribution in [-0.4, -0.2) is 54.5 Å². The normalized spacial score (nSPS) is 50.4. The molecule has 0 radical (unpaired) electrons. The lowest BCUT2D eigenvalue weighted by molar-refractivity contribution is -0.333. The number of aliphatic hydroxyl groups is 2. The molecule has 2 aliphatic heterocycles. The number of aliphatic hydroxyl groups excluding tert-OH is 2. The van der Waals surface area contributed by atoms with Crippen LogP contribution in [-0.2, 0) is 18.9 Å². The summed E-state index contributed by atoms with van der Waals surface area (Å²) in [4.78, 5) is 0. The summed E-state index contributed by atoms with van der Waals surface area (Å²) in [5.41, 5.74) is 0. The molecule has 0 aromatic rings.